The van der Waals surface area contributed by atoms with Gasteiger partial charge in [-0.25, -0.2) is 4.98 Å². The van der Waals surface area contributed by atoms with E-state index in [2.05, 4.69) is 10.3 Å². The first-order valence-electron chi connectivity index (χ1n) is 9.05. The van der Waals surface area contributed by atoms with E-state index in [1.165, 1.54) is 17.8 Å². The molecule has 1 aromatic carbocycles. The van der Waals surface area contributed by atoms with E-state index in [1.807, 2.05) is 35.7 Å². The molecular formula is C20H21ClN2OS. The van der Waals surface area contributed by atoms with Gasteiger partial charge in [-0.05, 0) is 50.4 Å². The normalized spacial score (nSPS) is 35.7. The fourth-order valence-electron chi connectivity index (χ4n) is 5.72. The van der Waals surface area contributed by atoms with Crippen LogP contribution in [0, 0.1) is 17.3 Å². The van der Waals surface area contributed by atoms with Crippen molar-refractivity contribution in [1.29, 1.82) is 0 Å². The number of amides is 1. The minimum absolute atomic E-state index is 0.139. The lowest BCUT2D eigenvalue weighted by Crippen LogP contribution is -2.57. The summed E-state index contributed by atoms with van der Waals surface area (Å²) in [6.45, 7) is 0. The van der Waals surface area contributed by atoms with E-state index in [1.54, 1.807) is 0 Å². The molecule has 0 saturated heterocycles. The third kappa shape index (κ3) is 2.70. The summed E-state index contributed by atoms with van der Waals surface area (Å²) in [4.78, 5) is 17.6. The summed E-state index contributed by atoms with van der Waals surface area (Å²) in [7, 11) is 0. The molecule has 4 fully saturated rings. The average Bonchev–Trinajstić information content (AvgIpc) is 3.02. The zero-order valence-electron chi connectivity index (χ0n) is 14.0. The number of nitrogens with one attached hydrogen (secondary N) is 1. The van der Waals surface area contributed by atoms with Crippen LogP contribution < -0.4 is 5.32 Å². The number of carbonyl (C=O) groups excluding carboxylic acids is 1. The van der Waals surface area contributed by atoms with Gasteiger partial charge in [-0.15, -0.1) is 22.9 Å². The fraction of sp³-hybridized carbons (Fsp3) is 0.500. The molecule has 0 spiro atoms. The van der Waals surface area contributed by atoms with Gasteiger partial charge in [0.1, 0.15) is 0 Å². The number of alkyl halides is 1. The Balaban J connectivity index is 1.37. The molecule has 4 bridgehead atoms. The average molecular weight is 373 g/mol. The van der Waals surface area contributed by atoms with Crippen molar-refractivity contribution in [2.45, 2.75) is 43.4 Å². The largest absolute Gasteiger partial charge is 0.301 e. The first-order valence-corrected chi connectivity index (χ1v) is 10.3. The molecule has 1 aromatic heterocycles. The molecule has 130 valence electrons. The smallest absolute Gasteiger partial charge is 0.232 e. The second-order valence-electron chi connectivity index (χ2n) is 8.25. The maximum absolute atomic E-state index is 13.2. The Morgan fingerprint density at radius 1 is 1.16 bits per heavy atom. The van der Waals surface area contributed by atoms with Gasteiger partial charge in [0, 0.05) is 15.8 Å². The SMILES string of the molecule is O=C(Nc1nc(-c2ccccc2)cs1)C12C[C@H]3C[C@@H](CC(Cl)(C3)C1)C2. The van der Waals surface area contributed by atoms with Crippen molar-refractivity contribution >= 4 is 34.0 Å². The Bertz CT molecular complexity index is 804. The van der Waals surface area contributed by atoms with Crippen LogP contribution in [0.5, 0.6) is 0 Å². The van der Waals surface area contributed by atoms with E-state index in [0.29, 0.717) is 17.0 Å². The molecule has 4 aliphatic carbocycles. The molecule has 25 heavy (non-hydrogen) atoms. The van der Waals surface area contributed by atoms with Crippen LogP contribution in [0.3, 0.4) is 0 Å². The van der Waals surface area contributed by atoms with E-state index in [9.17, 15) is 4.79 Å². The standard InChI is InChI=1S/C20H21ClN2OS/c21-20-9-13-6-14(10-20)8-19(7-13,12-20)17(24)23-18-22-16(11-25-18)15-4-2-1-3-5-15/h1-5,11,13-14H,6-10,12H2,(H,22,23,24)/t13-,14-,19?,20?/m1/s1. The van der Waals surface area contributed by atoms with Crippen LogP contribution in [0.15, 0.2) is 35.7 Å². The summed E-state index contributed by atoms with van der Waals surface area (Å²) in [5, 5.41) is 5.82. The van der Waals surface area contributed by atoms with Gasteiger partial charge in [0.15, 0.2) is 5.13 Å². The van der Waals surface area contributed by atoms with Crippen LogP contribution in [0.4, 0.5) is 5.13 Å². The Morgan fingerprint density at radius 3 is 2.56 bits per heavy atom. The highest BCUT2D eigenvalue weighted by molar-refractivity contribution is 7.14. The maximum atomic E-state index is 13.2. The lowest BCUT2D eigenvalue weighted by atomic mass is 9.49. The fourth-order valence-corrected chi connectivity index (χ4v) is 7.13. The molecule has 2 atom stereocenters. The van der Waals surface area contributed by atoms with Crippen molar-refractivity contribution in [3.8, 4) is 11.3 Å². The summed E-state index contributed by atoms with van der Waals surface area (Å²) >= 11 is 8.36. The van der Waals surface area contributed by atoms with Crippen molar-refractivity contribution in [1.82, 2.24) is 4.98 Å². The number of nitrogens with zero attached hydrogens (tertiary/aromatic N) is 1. The van der Waals surface area contributed by atoms with Gasteiger partial charge in [0.2, 0.25) is 5.91 Å². The van der Waals surface area contributed by atoms with Crippen molar-refractivity contribution in [3.05, 3.63) is 35.7 Å². The topological polar surface area (TPSA) is 42.0 Å². The Hall–Kier alpha value is -1.39. The lowest BCUT2D eigenvalue weighted by Gasteiger charge is -2.59. The summed E-state index contributed by atoms with van der Waals surface area (Å²) in [5.41, 5.74) is 1.72. The zero-order chi connectivity index (χ0) is 17.1. The molecule has 0 aliphatic heterocycles. The number of anilines is 1. The molecular weight excluding hydrogens is 352 g/mol. The minimum atomic E-state index is -0.273. The molecule has 6 rings (SSSR count). The Kier molecular flexibility index (Phi) is 3.52. The number of halogens is 1. The zero-order valence-corrected chi connectivity index (χ0v) is 15.6. The Morgan fingerprint density at radius 2 is 1.88 bits per heavy atom. The van der Waals surface area contributed by atoms with E-state index >= 15 is 0 Å². The number of aromatic nitrogens is 1. The monoisotopic (exact) mass is 372 g/mol. The van der Waals surface area contributed by atoms with Gasteiger partial charge in [-0.1, -0.05) is 30.3 Å². The summed E-state index contributed by atoms with van der Waals surface area (Å²) in [6, 6.07) is 10.1. The van der Waals surface area contributed by atoms with Gasteiger partial charge in [0.25, 0.3) is 0 Å². The third-order valence-electron chi connectivity index (χ3n) is 6.27. The van der Waals surface area contributed by atoms with Gasteiger partial charge in [0.05, 0.1) is 11.1 Å². The highest BCUT2D eigenvalue weighted by atomic mass is 35.5. The summed E-state index contributed by atoms with van der Waals surface area (Å²) < 4.78 is 0. The van der Waals surface area contributed by atoms with Gasteiger partial charge < -0.3 is 5.32 Å². The number of thiazole rings is 1. The van der Waals surface area contributed by atoms with Crippen LogP contribution in [0.1, 0.15) is 38.5 Å². The molecule has 0 radical (unpaired) electrons. The molecule has 1 heterocycles. The van der Waals surface area contributed by atoms with Crippen LogP contribution in [-0.2, 0) is 4.79 Å². The van der Waals surface area contributed by atoms with Crippen molar-refractivity contribution in [2.75, 3.05) is 5.32 Å². The van der Waals surface area contributed by atoms with Crippen molar-refractivity contribution in [2.24, 2.45) is 17.3 Å². The Labute approximate surface area is 156 Å². The molecule has 4 saturated carbocycles. The quantitative estimate of drug-likeness (QED) is 0.740. The van der Waals surface area contributed by atoms with Gasteiger partial charge in [-0.2, -0.15) is 0 Å². The molecule has 2 aromatic rings. The van der Waals surface area contributed by atoms with Crippen LogP contribution in [-0.4, -0.2) is 15.8 Å². The predicted molar refractivity (Wildman–Crippen MR) is 102 cm³/mol. The van der Waals surface area contributed by atoms with Crippen LogP contribution in [0.25, 0.3) is 11.3 Å². The van der Waals surface area contributed by atoms with E-state index < -0.39 is 0 Å². The number of rotatable bonds is 3. The summed E-state index contributed by atoms with van der Waals surface area (Å²) in [5.74, 6) is 1.39. The molecule has 5 heteroatoms. The first kappa shape index (κ1) is 15.8. The third-order valence-corrected chi connectivity index (χ3v) is 7.47. The van der Waals surface area contributed by atoms with E-state index in [0.717, 1.165) is 43.4 Å². The molecule has 0 unspecified atom stereocenters. The number of hydrogen-bond acceptors (Lipinski definition) is 3. The lowest BCUT2D eigenvalue weighted by molar-refractivity contribution is -0.138. The van der Waals surface area contributed by atoms with E-state index in [4.69, 9.17) is 11.6 Å². The van der Waals surface area contributed by atoms with Crippen molar-refractivity contribution in [3.63, 3.8) is 0 Å². The minimum Gasteiger partial charge on any atom is -0.301 e. The summed E-state index contributed by atoms with van der Waals surface area (Å²) in [6.07, 6.45) is 6.28. The van der Waals surface area contributed by atoms with Crippen molar-refractivity contribution < 1.29 is 4.79 Å². The predicted octanol–water partition coefficient (Wildman–Crippen LogP) is 5.33. The second-order valence-corrected chi connectivity index (χ2v) is 9.91. The molecule has 3 nitrogen and oxygen atoms in total. The maximum Gasteiger partial charge on any atom is 0.232 e. The molecule has 1 N–H and O–H groups in total. The first-order chi connectivity index (χ1) is 12.0. The number of carbonyl (C=O) groups is 1. The second kappa shape index (κ2) is 5.55. The van der Waals surface area contributed by atoms with Gasteiger partial charge in [-0.3, -0.25) is 4.79 Å². The number of benzene rings is 1. The highest BCUT2D eigenvalue weighted by Gasteiger charge is 2.60. The van der Waals surface area contributed by atoms with E-state index in [-0.39, 0.29) is 16.2 Å². The highest BCUT2D eigenvalue weighted by Crippen LogP contribution is 2.64. The number of hydrogen-bond donors (Lipinski definition) is 1. The van der Waals surface area contributed by atoms with Gasteiger partial charge >= 0.3 is 0 Å². The van der Waals surface area contributed by atoms with Crippen LogP contribution >= 0.6 is 22.9 Å². The van der Waals surface area contributed by atoms with Crippen LogP contribution in [0.2, 0.25) is 0 Å². The molecule has 4 aliphatic rings. The molecule has 1 amide bonds.